The molecule has 1 aromatic heterocycles. The summed E-state index contributed by atoms with van der Waals surface area (Å²) in [7, 11) is 1.64. The third-order valence-corrected chi connectivity index (χ3v) is 3.32. The van der Waals surface area contributed by atoms with Crippen LogP contribution in [0, 0.1) is 11.8 Å². The lowest BCUT2D eigenvalue weighted by Crippen LogP contribution is -2.38. The Morgan fingerprint density at radius 3 is 2.54 bits per heavy atom. The van der Waals surface area contributed by atoms with Crippen molar-refractivity contribution in [2.24, 2.45) is 4.99 Å². The minimum atomic E-state index is -4.36. The van der Waals surface area contributed by atoms with Crippen LogP contribution >= 0.6 is 24.0 Å². The molecule has 0 aliphatic heterocycles. The van der Waals surface area contributed by atoms with Gasteiger partial charge in [0.2, 0.25) is 0 Å². The van der Waals surface area contributed by atoms with E-state index in [0.717, 1.165) is 18.7 Å². The van der Waals surface area contributed by atoms with E-state index < -0.39 is 11.7 Å². The first-order chi connectivity index (χ1) is 12.0. The number of aliphatic imine (C=N–C) groups is 1. The monoisotopic (exact) mass is 476 g/mol. The van der Waals surface area contributed by atoms with Crippen LogP contribution in [0.5, 0.6) is 0 Å². The second kappa shape index (κ2) is 10.8. The fourth-order valence-corrected chi connectivity index (χ4v) is 2.09. The largest absolute Gasteiger partial charge is 0.416 e. The molecule has 1 aromatic carbocycles. The lowest BCUT2D eigenvalue weighted by atomic mass is 10.1. The molecular formula is C18H20F3IN4. The Hall–Kier alpha value is -2.15. The number of hydrogen-bond donors (Lipinski definition) is 2. The van der Waals surface area contributed by atoms with Crippen molar-refractivity contribution in [1.29, 1.82) is 0 Å². The van der Waals surface area contributed by atoms with Crippen molar-refractivity contribution >= 4 is 29.9 Å². The summed E-state index contributed by atoms with van der Waals surface area (Å²) in [5, 5.41) is 6.14. The number of alkyl halides is 3. The quantitative estimate of drug-likeness (QED) is 0.308. The average Bonchev–Trinajstić information content (AvgIpc) is 3.10. The van der Waals surface area contributed by atoms with E-state index in [9.17, 15) is 13.2 Å². The molecule has 0 spiro atoms. The van der Waals surface area contributed by atoms with Crippen LogP contribution in [0.1, 0.15) is 11.1 Å². The Morgan fingerprint density at radius 2 is 1.88 bits per heavy atom. The first kappa shape index (κ1) is 21.9. The number of guanidine groups is 1. The molecule has 0 saturated carbocycles. The van der Waals surface area contributed by atoms with E-state index in [0.29, 0.717) is 18.1 Å². The van der Waals surface area contributed by atoms with Gasteiger partial charge in [0.25, 0.3) is 0 Å². The fourth-order valence-electron chi connectivity index (χ4n) is 2.09. The third kappa shape index (κ3) is 7.39. The highest BCUT2D eigenvalue weighted by Gasteiger charge is 2.30. The van der Waals surface area contributed by atoms with Crippen LogP contribution in [0.25, 0.3) is 0 Å². The number of nitrogens with zero attached hydrogens (tertiary/aromatic N) is 2. The predicted molar refractivity (Wildman–Crippen MR) is 108 cm³/mol. The van der Waals surface area contributed by atoms with E-state index in [1.165, 1.54) is 6.07 Å². The summed E-state index contributed by atoms with van der Waals surface area (Å²) in [5.41, 5.74) is -0.373. The van der Waals surface area contributed by atoms with Crippen molar-refractivity contribution in [2.75, 3.05) is 20.1 Å². The second-order valence-electron chi connectivity index (χ2n) is 5.15. The summed E-state index contributed by atoms with van der Waals surface area (Å²) in [5.74, 6) is 6.10. The van der Waals surface area contributed by atoms with Crippen molar-refractivity contribution in [3.63, 3.8) is 0 Å². The van der Waals surface area contributed by atoms with Gasteiger partial charge in [-0.2, -0.15) is 13.2 Å². The van der Waals surface area contributed by atoms with Gasteiger partial charge in [0.15, 0.2) is 5.96 Å². The van der Waals surface area contributed by atoms with Crippen molar-refractivity contribution in [3.05, 3.63) is 59.9 Å². The Bertz CT molecular complexity index is 759. The predicted octanol–water partition coefficient (Wildman–Crippen LogP) is 3.34. The number of nitrogens with one attached hydrogen (secondary N) is 2. The van der Waals surface area contributed by atoms with E-state index in [1.807, 2.05) is 29.1 Å². The molecule has 4 nitrogen and oxygen atoms in total. The molecule has 2 aromatic rings. The Labute approximate surface area is 167 Å². The Balaban J connectivity index is 0.00000338. The van der Waals surface area contributed by atoms with Gasteiger partial charge in [-0.25, -0.2) is 0 Å². The van der Waals surface area contributed by atoms with E-state index in [2.05, 4.69) is 27.5 Å². The fraction of sp³-hybridized carbons (Fsp3) is 0.278. The molecule has 0 amide bonds. The van der Waals surface area contributed by atoms with Crippen molar-refractivity contribution in [2.45, 2.75) is 12.7 Å². The van der Waals surface area contributed by atoms with Crippen LogP contribution in [-0.4, -0.2) is 30.7 Å². The van der Waals surface area contributed by atoms with Crippen LogP contribution < -0.4 is 10.6 Å². The Kier molecular flexibility index (Phi) is 9.05. The summed E-state index contributed by atoms with van der Waals surface area (Å²) in [6.45, 7) is 1.76. The molecule has 8 heteroatoms. The van der Waals surface area contributed by atoms with E-state index in [1.54, 1.807) is 13.1 Å². The van der Waals surface area contributed by atoms with Gasteiger partial charge in [0, 0.05) is 38.1 Å². The summed E-state index contributed by atoms with van der Waals surface area (Å²) >= 11 is 0. The van der Waals surface area contributed by atoms with Crippen LogP contribution in [0.3, 0.4) is 0 Å². The van der Waals surface area contributed by atoms with Gasteiger partial charge in [-0.05, 0) is 30.3 Å². The van der Waals surface area contributed by atoms with Gasteiger partial charge in [0.1, 0.15) is 0 Å². The summed E-state index contributed by atoms with van der Waals surface area (Å²) in [4.78, 5) is 4.07. The minimum absolute atomic E-state index is 0. The number of halogens is 4. The molecule has 0 aliphatic carbocycles. The highest BCUT2D eigenvalue weighted by molar-refractivity contribution is 14.0. The SMILES string of the molecule is CN=C(NCC#Cc1cccc(C(F)(F)F)c1)NCCn1cccc1.I. The molecule has 1 heterocycles. The maximum atomic E-state index is 12.6. The van der Waals surface area contributed by atoms with E-state index in [-0.39, 0.29) is 30.5 Å². The summed E-state index contributed by atoms with van der Waals surface area (Å²) < 4.78 is 40.0. The molecular weight excluding hydrogens is 456 g/mol. The standard InChI is InChI=1S/C18H19F3N4.HI/c1-22-17(24-10-13-25-11-2-3-12-25)23-9-5-7-15-6-4-8-16(14-15)18(19,20)21;/h2-4,6,8,11-12,14H,9-10,13H2,1H3,(H2,22,23,24);1H. The van der Waals surface area contributed by atoms with Crippen molar-refractivity contribution in [3.8, 4) is 11.8 Å². The maximum absolute atomic E-state index is 12.6. The van der Waals surface area contributed by atoms with Crippen LogP contribution in [0.15, 0.2) is 53.8 Å². The van der Waals surface area contributed by atoms with Crippen molar-refractivity contribution in [1.82, 2.24) is 15.2 Å². The second-order valence-corrected chi connectivity index (χ2v) is 5.15. The molecule has 0 saturated heterocycles. The molecule has 2 N–H and O–H groups in total. The summed E-state index contributed by atoms with van der Waals surface area (Å²) in [6, 6.07) is 8.87. The molecule has 0 radical (unpaired) electrons. The lowest BCUT2D eigenvalue weighted by Gasteiger charge is -2.10. The Morgan fingerprint density at radius 1 is 1.15 bits per heavy atom. The number of hydrogen-bond acceptors (Lipinski definition) is 1. The third-order valence-electron chi connectivity index (χ3n) is 3.32. The molecule has 140 valence electrons. The van der Waals surface area contributed by atoms with Crippen LogP contribution in [0.2, 0.25) is 0 Å². The highest BCUT2D eigenvalue weighted by atomic mass is 127. The number of benzene rings is 1. The topological polar surface area (TPSA) is 41.4 Å². The molecule has 2 rings (SSSR count). The van der Waals surface area contributed by atoms with E-state index in [4.69, 9.17) is 0 Å². The van der Waals surface area contributed by atoms with Gasteiger partial charge >= 0.3 is 6.18 Å². The highest BCUT2D eigenvalue weighted by Crippen LogP contribution is 2.29. The minimum Gasteiger partial charge on any atom is -0.355 e. The lowest BCUT2D eigenvalue weighted by molar-refractivity contribution is -0.137. The average molecular weight is 476 g/mol. The first-order valence-corrected chi connectivity index (χ1v) is 7.70. The zero-order valence-corrected chi connectivity index (χ0v) is 16.5. The molecule has 0 atom stereocenters. The molecule has 0 fully saturated rings. The van der Waals surface area contributed by atoms with Gasteiger partial charge in [-0.3, -0.25) is 4.99 Å². The summed E-state index contributed by atoms with van der Waals surface area (Å²) in [6.07, 6.45) is -0.418. The zero-order valence-electron chi connectivity index (χ0n) is 14.2. The van der Waals surface area contributed by atoms with Gasteiger partial charge in [0.05, 0.1) is 12.1 Å². The molecule has 0 unspecified atom stereocenters. The zero-order chi connectivity index (χ0) is 18.1. The van der Waals surface area contributed by atoms with Crippen molar-refractivity contribution < 1.29 is 13.2 Å². The van der Waals surface area contributed by atoms with Gasteiger partial charge < -0.3 is 15.2 Å². The molecule has 26 heavy (non-hydrogen) atoms. The normalized spacial score (nSPS) is 11.2. The van der Waals surface area contributed by atoms with Gasteiger partial charge in [-0.15, -0.1) is 24.0 Å². The van der Waals surface area contributed by atoms with Gasteiger partial charge in [-0.1, -0.05) is 17.9 Å². The molecule has 0 aliphatic rings. The van der Waals surface area contributed by atoms with Crippen LogP contribution in [0.4, 0.5) is 13.2 Å². The maximum Gasteiger partial charge on any atom is 0.416 e. The smallest absolute Gasteiger partial charge is 0.355 e. The van der Waals surface area contributed by atoms with E-state index >= 15 is 0 Å². The number of rotatable bonds is 4. The number of aromatic nitrogens is 1. The first-order valence-electron chi connectivity index (χ1n) is 7.70. The van der Waals surface area contributed by atoms with Crippen LogP contribution in [-0.2, 0) is 12.7 Å². The molecule has 0 bridgehead atoms.